The monoisotopic (exact) mass is 339 g/mol. The first-order valence-electron chi connectivity index (χ1n) is 7.86. The van der Waals surface area contributed by atoms with E-state index in [1.54, 1.807) is 17.9 Å². The molecule has 4 rings (SSSR count). The van der Waals surface area contributed by atoms with Crippen LogP contribution in [-0.2, 0) is 0 Å². The van der Waals surface area contributed by atoms with Gasteiger partial charge < -0.3 is 4.57 Å². The molecule has 2 heterocycles. The van der Waals surface area contributed by atoms with Crippen molar-refractivity contribution in [1.29, 1.82) is 0 Å². The highest BCUT2D eigenvalue weighted by atomic mass is 32.1. The van der Waals surface area contributed by atoms with Gasteiger partial charge in [-0.2, -0.15) is 5.10 Å². The number of carbonyl (C=O) groups excluding carboxylic acids is 1. The van der Waals surface area contributed by atoms with Gasteiger partial charge in [0, 0.05) is 18.7 Å². The van der Waals surface area contributed by atoms with Crippen molar-refractivity contribution in [3.8, 4) is 5.69 Å². The first-order chi connectivity index (χ1) is 11.6. The molecule has 0 aliphatic heterocycles. The van der Waals surface area contributed by atoms with Crippen molar-refractivity contribution in [3.63, 3.8) is 0 Å². The maximum Gasteiger partial charge on any atom is 0.191 e. The number of hydrogen-bond acceptors (Lipinski definition) is 5. The fraction of sp³-hybridized carbons (Fsp3) is 0.294. The number of ketones is 1. The molecule has 0 radical (unpaired) electrons. The van der Waals surface area contributed by atoms with Gasteiger partial charge in [-0.3, -0.25) is 4.79 Å². The summed E-state index contributed by atoms with van der Waals surface area (Å²) in [6.07, 6.45) is 5.49. The fourth-order valence-electron chi connectivity index (χ4n) is 2.77. The molecule has 1 saturated carbocycles. The van der Waals surface area contributed by atoms with Gasteiger partial charge in [-0.05, 0) is 44.0 Å². The summed E-state index contributed by atoms with van der Waals surface area (Å²) in [7, 11) is 0. The van der Waals surface area contributed by atoms with Crippen LogP contribution in [-0.4, -0.2) is 25.1 Å². The van der Waals surface area contributed by atoms with E-state index in [9.17, 15) is 4.79 Å². The summed E-state index contributed by atoms with van der Waals surface area (Å²) < 4.78 is 3.92. The average molecular weight is 339 g/mol. The van der Waals surface area contributed by atoms with Gasteiger partial charge in [-0.15, -0.1) is 0 Å². The quantitative estimate of drug-likeness (QED) is 0.686. The number of carbonyl (C=O) groups is 1. The second-order valence-corrected chi connectivity index (χ2v) is 6.90. The largest absolute Gasteiger partial charge is 0.317 e. The van der Waals surface area contributed by atoms with Gasteiger partial charge in [-0.25, -0.2) is 14.7 Å². The summed E-state index contributed by atoms with van der Waals surface area (Å²) in [6, 6.07) is 8.32. The molecule has 2 aromatic heterocycles. The minimum atomic E-state index is 0.106. The predicted octanol–water partition coefficient (Wildman–Crippen LogP) is 3.21. The second-order valence-electron chi connectivity index (χ2n) is 5.92. The third kappa shape index (κ3) is 2.71. The molecule has 24 heavy (non-hydrogen) atoms. The number of aromatic nitrogens is 4. The summed E-state index contributed by atoms with van der Waals surface area (Å²) in [5.74, 6) is 0.106. The van der Waals surface area contributed by atoms with Crippen LogP contribution in [0.25, 0.3) is 5.69 Å². The Morgan fingerprint density at radius 1 is 1.29 bits per heavy atom. The van der Waals surface area contributed by atoms with Crippen molar-refractivity contribution >= 4 is 22.8 Å². The minimum Gasteiger partial charge on any atom is -0.317 e. The molecule has 0 amide bonds. The van der Waals surface area contributed by atoms with Crippen LogP contribution < -0.4 is 4.80 Å². The van der Waals surface area contributed by atoms with E-state index in [0.29, 0.717) is 6.04 Å². The Hall–Kier alpha value is -2.54. The Balaban J connectivity index is 1.75. The van der Waals surface area contributed by atoms with Crippen LogP contribution in [0.1, 0.15) is 41.2 Å². The zero-order valence-electron chi connectivity index (χ0n) is 13.5. The normalized spacial score (nSPS) is 15.0. The van der Waals surface area contributed by atoms with Crippen molar-refractivity contribution in [2.24, 2.45) is 4.99 Å². The fourth-order valence-corrected chi connectivity index (χ4v) is 3.87. The van der Waals surface area contributed by atoms with E-state index in [0.717, 1.165) is 39.6 Å². The lowest BCUT2D eigenvalue weighted by Gasteiger charge is -2.04. The van der Waals surface area contributed by atoms with Gasteiger partial charge in [0.15, 0.2) is 10.6 Å². The van der Waals surface area contributed by atoms with E-state index in [4.69, 9.17) is 4.99 Å². The molecular weight excluding hydrogens is 322 g/mol. The van der Waals surface area contributed by atoms with Gasteiger partial charge in [0.1, 0.15) is 12.7 Å². The average Bonchev–Trinajstić information content (AvgIpc) is 3.13. The summed E-state index contributed by atoms with van der Waals surface area (Å²) in [4.78, 5) is 22.3. The Kier molecular flexibility index (Phi) is 3.65. The Morgan fingerprint density at radius 3 is 2.62 bits per heavy atom. The van der Waals surface area contributed by atoms with Gasteiger partial charge in [0.25, 0.3) is 0 Å². The van der Waals surface area contributed by atoms with Crippen LogP contribution in [0.4, 0.5) is 5.69 Å². The number of benzene rings is 1. The zero-order valence-corrected chi connectivity index (χ0v) is 14.3. The third-order valence-corrected chi connectivity index (χ3v) is 5.34. The second kappa shape index (κ2) is 5.83. The number of Topliss-reactive ketones (excluding diaryl/α,β-unsaturated/α-hetero) is 1. The molecule has 1 aliphatic rings. The van der Waals surface area contributed by atoms with Gasteiger partial charge in [0.2, 0.25) is 0 Å². The van der Waals surface area contributed by atoms with Crippen LogP contribution in [0.5, 0.6) is 0 Å². The first kappa shape index (κ1) is 15.0. The van der Waals surface area contributed by atoms with E-state index in [1.807, 2.05) is 31.2 Å². The Labute approximate surface area is 143 Å². The van der Waals surface area contributed by atoms with E-state index in [-0.39, 0.29) is 5.78 Å². The van der Waals surface area contributed by atoms with Gasteiger partial charge in [0.05, 0.1) is 16.3 Å². The Morgan fingerprint density at radius 2 is 2.04 bits per heavy atom. The molecule has 1 aliphatic carbocycles. The predicted molar refractivity (Wildman–Crippen MR) is 91.9 cm³/mol. The van der Waals surface area contributed by atoms with Crippen LogP contribution in [0.2, 0.25) is 0 Å². The summed E-state index contributed by atoms with van der Waals surface area (Å²) in [5, 5.41) is 4.12. The molecular formula is C17H17N5OS. The van der Waals surface area contributed by atoms with Crippen molar-refractivity contribution in [3.05, 3.63) is 52.3 Å². The molecule has 0 atom stereocenters. The smallest absolute Gasteiger partial charge is 0.191 e. The third-order valence-electron chi connectivity index (χ3n) is 4.08. The molecule has 0 spiro atoms. The highest BCUT2D eigenvalue weighted by molar-refractivity contribution is 7.11. The van der Waals surface area contributed by atoms with Crippen LogP contribution in [0.15, 0.2) is 41.9 Å². The van der Waals surface area contributed by atoms with Crippen LogP contribution in [0, 0.1) is 6.92 Å². The SMILES string of the molecule is CC(=O)c1sc(=Nc2ccc(-n3cncn3)cc2)n(C2CC2)c1C. The highest BCUT2D eigenvalue weighted by Gasteiger charge is 2.28. The number of thiazole rings is 1. The van der Waals surface area contributed by atoms with Crippen molar-refractivity contribution < 1.29 is 4.79 Å². The molecule has 1 fully saturated rings. The molecule has 6 nitrogen and oxygen atoms in total. The molecule has 0 N–H and O–H groups in total. The molecule has 0 bridgehead atoms. The summed E-state index contributed by atoms with van der Waals surface area (Å²) in [5.41, 5.74) is 2.84. The van der Waals surface area contributed by atoms with E-state index >= 15 is 0 Å². The van der Waals surface area contributed by atoms with Crippen molar-refractivity contribution in [2.45, 2.75) is 32.7 Å². The lowest BCUT2D eigenvalue weighted by Crippen LogP contribution is -2.14. The first-order valence-corrected chi connectivity index (χ1v) is 8.68. The van der Waals surface area contributed by atoms with Crippen LogP contribution >= 0.6 is 11.3 Å². The van der Waals surface area contributed by atoms with Crippen molar-refractivity contribution in [2.75, 3.05) is 0 Å². The molecule has 7 heteroatoms. The molecule has 122 valence electrons. The van der Waals surface area contributed by atoms with Gasteiger partial charge in [-0.1, -0.05) is 11.3 Å². The van der Waals surface area contributed by atoms with E-state index in [1.165, 1.54) is 17.7 Å². The van der Waals surface area contributed by atoms with Crippen LogP contribution in [0.3, 0.4) is 0 Å². The highest BCUT2D eigenvalue weighted by Crippen LogP contribution is 2.36. The van der Waals surface area contributed by atoms with E-state index < -0.39 is 0 Å². The molecule has 3 aromatic rings. The lowest BCUT2D eigenvalue weighted by atomic mass is 10.3. The maximum atomic E-state index is 11.8. The van der Waals surface area contributed by atoms with E-state index in [2.05, 4.69) is 14.6 Å². The maximum absolute atomic E-state index is 11.8. The number of hydrogen-bond donors (Lipinski definition) is 0. The molecule has 1 aromatic carbocycles. The number of nitrogens with zero attached hydrogens (tertiary/aromatic N) is 5. The summed E-state index contributed by atoms with van der Waals surface area (Å²) in [6.45, 7) is 3.63. The van der Waals surface area contributed by atoms with Crippen molar-refractivity contribution in [1.82, 2.24) is 19.3 Å². The zero-order chi connectivity index (χ0) is 16.7. The van der Waals surface area contributed by atoms with Gasteiger partial charge >= 0.3 is 0 Å². The standard InChI is InChI=1S/C17H17N5OS/c1-11-16(12(2)23)24-17(22(11)15-7-8-15)20-13-3-5-14(6-4-13)21-10-18-9-19-21/h3-6,9-10,15H,7-8H2,1-2H3. The summed E-state index contributed by atoms with van der Waals surface area (Å²) >= 11 is 1.48. The minimum absolute atomic E-state index is 0.106. The topological polar surface area (TPSA) is 65.1 Å². The molecule has 0 unspecified atom stereocenters. The molecule has 0 saturated heterocycles. The lowest BCUT2D eigenvalue weighted by molar-refractivity contribution is 0.102. The number of rotatable bonds is 4. The Bertz CT molecular complexity index is 946.